The van der Waals surface area contributed by atoms with E-state index in [-0.39, 0.29) is 6.54 Å². The van der Waals surface area contributed by atoms with Gasteiger partial charge in [-0.1, -0.05) is 5.21 Å². The Morgan fingerprint density at radius 2 is 2.00 bits per heavy atom. The van der Waals surface area contributed by atoms with E-state index in [0.717, 1.165) is 4.68 Å². The lowest BCUT2D eigenvalue weighted by molar-refractivity contribution is -0.137. The van der Waals surface area contributed by atoms with Crippen molar-refractivity contribution in [2.24, 2.45) is 5.73 Å². The summed E-state index contributed by atoms with van der Waals surface area (Å²) in [5.41, 5.74) is 5.51. The molecule has 0 saturated heterocycles. The lowest BCUT2D eigenvalue weighted by Gasteiger charge is -2.13. The summed E-state index contributed by atoms with van der Waals surface area (Å²) in [5.74, 6) is 0. The minimum absolute atomic E-state index is 0.230. The van der Waals surface area contributed by atoms with Crippen molar-refractivity contribution in [2.45, 2.75) is 38.5 Å². The predicted octanol–water partition coefficient (Wildman–Crippen LogP) is 1.42. The molecule has 86 valence electrons. The van der Waals surface area contributed by atoms with E-state index in [1.807, 2.05) is 0 Å². The zero-order chi connectivity index (χ0) is 11.7. The average molecular weight is 222 g/mol. The first-order chi connectivity index (χ1) is 6.68. The number of aryl methyl sites for hydroxylation is 1. The van der Waals surface area contributed by atoms with Crippen molar-refractivity contribution in [3.63, 3.8) is 0 Å². The van der Waals surface area contributed by atoms with E-state index in [9.17, 15) is 13.2 Å². The number of hydrogen-bond donors (Lipinski definition) is 1. The molecule has 0 spiro atoms. The Morgan fingerprint density at radius 3 is 2.40 bits per heavy atom. The summed E-state index contributed by atoms with van der Waals surface area (Å²) >= 11 is 0. The van der Waals surface area contributed by atoms with E-state index in [1.165, 1.54) is 6.20 Å². The summed E-state index contributed by atoms with van der Waals surface area (Å²) < 4.78 is 36.8. The van der Waals surface area contributed by atoms with Gasteiger partial charge in [0.25, 0.3) is 0 Å². The molecule has 0 aliphatic rings. The molecule has 0 aliphatic heterocycles. The second-order valence-corrected chi connectivity index (χ2v) is 3.95. The molecule has 0 atom stereocenters. The molecule has 15 heavy (non-hydrogen) atoms. The number of rotatable bonds is 3. The van der Waals surface area contributed by atoms with Crippen LogP contribution in [0.15, 0.2) is 6.20 Å². The largest absolute Gasteiger partial charge is 0.390 e. The van der Waals surface area contributed by atoms with Crippen LogP contribution in [0.2, 0.25) is 0 Å². The fraction of sp³-hybridized carbons (Fsp3) is 0.750. The van der Waals surface area contributed by atoms with Crippen molar-refractivity contribution in [2.75, 3.05) is 0 Å². The molecule has 0 saturated carbocycles. The highest BCUT2D eigenvalue weighted by atomic mass is 19.4. The second kappa shape index (κ2) is 3.80. The molecule has 1 aromatic rings. The molecule has 4 nitrogen and oxygen atoms in total. The normalized spacial score (nSPS) is 13.2. The smallest absolute Gasteiger partial charge is 0.320 e. The molecule has 0 bridgehead atoms. The van der Waals surface area contributed by atoms with Crippen molar-refractivity contribution in [1.29, 1.82) is 0 Å². The summed E-state index contributed by atoms with van der Waals surface area (Å²) in [6.07, 6.45) is -3.66. The average Bonchev–Trinajstić information content (AvgIpc) is 2.45. The van der Waals surface area contributed by atoms with Crippen LogP contribution < -0.4 is 5.73 Å². The fourth-order valence-corrected chi connectivity index (χ4v) is 0.944. The predicted molar refractivity (Wildman–Crippen MR) is 47.9 cm³/mol. The van der Waals surface area contributed by atoms with Gasteiger partial charge in [0.2, 0.25) is 0 Å². The zero-order valence-electron chi connectivity index (χ0n) is 8.54. The Kier molecular flexibility index (Phi) is 3.03. The van der Waals surface area contributed by atoms with Crippen LogP contribution in [0.25, 0.3) is 0 Å². The van der Waals surface area contributed by atoms with Gasteiger partial charge in [0.05, 0.1) is 24.7 Å². The lowest BCUT2D eigenvalue weighted by Crippen LogP contribution is -2.29. The van der Waals surface area contributed by atoms with Gasteiger partial charge in [0, 0.05) is 0 Å². The van der Waals surface area contributed by atoms with Gasteiger partial charge in [0.1, 0.15) is 5.69 Å². The van der Waals surface area contributed by atoms with Crippen LogP contribution in [0, 0.1) is 0 Å². The molecule has 1 heterocycles. The van der Waals surface area contributed by atoms with E-state index in [2.05, 4.69) is 10.3 Å². The highest BCUT2D eigenvalue weighted by molar-refractivity contribution is 5.05. The van der Waals surface area contributed by atoms with Gasteiger partial charge in [-0.3, -0.25) is 4.68 Å². The maximum atomic E-state index is 11.9. The number of halogens is 3. The van der Waals surface area contributed by atoms with Gasteiger partial charge in [0.15, 0.2) is 0 Å². The molecule has 7 heteroatoms. The number of aromatic nitrogens is 3. The molecule has 0 unspecified atom stereocenters. The first-order valence-electron chi connectivity index (χ1n) is 4.45. The number of alkyl halides is 3. The van der Waals surface area contributed by atoms with E-state index in [0.29, 0.717) is 5.69 Å². The van der Waals surface area contributed by atoms with Gasteiger partial charge < -0.3 is 5.73 Å². The summed E-state index contributed by atoms with van der Waals surface area (Å²) in [6, 6.07) is 0. The van der Waals surface area contributed by atoms with Crippen LogP contribution in [0.4, 0.5) is 13.2 Å². The molecule has 1 rings (SSSR count). The van der Waals surface area contributed by atoms with Crippen LogP contribution >= 0.6 is 0 Å². The molecular weight excluding hydrogens is 209 g/mol. The van der Waals surface area contributed by atoms with Gasteiger partial charge in [-0.2, -0.15) is 13.2 Å². The molecule has 0 fully saturated rings. The SMILES string of the molecule is CC(C)(N)c1cn(CCC(F)(F)F)nn1. The van der Waals surface area contributed by atoms with Crippen LogP contribution in [0.1, 0.15) is 26.0 Å². The Balaban J connectivity index is 2.62. The first-order valence-corrected chi connectivity index (χ1v) is 4.45. The van der Waals surface area contributed by atoms with Crippen LogP contribution in [0.3, 0.4) is 0 Å². The minimum Gasteiger partial charge on any atom is -0.320 e. The second-order valence-electron chi connectivity index (χ2n) is 3.95. The van der Waals surface area contributed by atoms with Crippen LogP contribution in [-0.4, -0.2) is 21.2 Å². The fourth-order valence-electron chi connectivity index (χ4n) is 0.944. The van der Waals surface area contributed by atoms with Crippen molar-refractivity contribution in [3.8, 4) is 0 Å². The third-order valence-corrected chi connectivity index (χ3v) is 1.82. The molecule has 2 N–H and O–H groups in total. The third-order valence-electron chi connectivity index (χ3n) is 1.82. The van der Waals surface area contributed by atoms with Crippen LogP contribution in [0.5, 0.6) is 0 Å². The van der Waals surface area contributed by atoms with Gasteiger partial charge in [-0.05, 0) is 13.8 Å². The number of hydrogen-bond acceptors (Lipinski definition) is 3. The first kappa shape index (κ1) is 12.0. The topological polar surface area (TPSA) is 56.7 Å². The highest BCUT2D eigenvalue weighted by Gasteiger charge is 2.27. The molecule has 0 aliphatic carbocycles. The summed E-state index contributed by atoms with van der Waals surface area (Å²) in [5, 5.41) is 7.28. The van der Waals surface area contributed by atoms with Crippen LogP contribution in [-0.2, 0) is 12.1 Å². The molecule has 0 aromatic carbocycles. The van der Waals surface area contributed by atoms with Crippen molar-refractivity contribution < 1.29 is 13.2 Å². The third kappa shape index (κ3) is 3.86. The van der Waals surface area contributed by atoms with E-state index < -0.39 is 18.1 Å². The van der Waals surface area contributed by atoms with Crippen molar-refractivity contribution in [1.82, 2.24) is 15.0 Å². The van der Waals surface area contributed by atoms with Crippen molar-refractivity contribution >= 4 is 0 Å². The molecular formula is C8H13F3N4. The standard InChI is InChI=1S/C8H13F3N4/c1-7(2,12)6-5-15(14-13-6)4-3-8(9,10)11/h5H,3-4,12H2,1-2H3. The Morgan fingerprint density at radius 1 is 1.40 bits per heavy atom. The Hall–Kier alpha value is -1.11. The molecule has 0 radical (unpaired) electrons. The number of nitrogens with zero attached hydrogens (tertiary/aromatic N) is 3. The molecule has 0 amide bonds. The summed E-state index contributed by atoms with van der Waals surface area (Å²) in [6.45, 7) is 3.20. The van der Waals surface area contributed by atoms with E-state index >= 15 is 0 Å². The molecule has 1 aromatic heterocycles. The Bertz CT molecular complexity index is 323. The van der Waals surface area contributed by atoms with E-state index in [1.54, 1.807) is 13.8 Å². The number of nitrogens with two attached hydrogens (primary N) is 1. The minimum atomic E-state index is -4.18. The van der Waals surface area contributed by atoms with E-state index in [4.69, 9.17) is 5.73 Å². The maximum absolute atomic E-state index is 11.9. The summed E-state index contributed by atoms with van der Waals surface area (Å²) in [4.78, 5) is 0. The quantitative estimate of drug-likeness (QED) is 0.841. The van der Waals surface area contributed by atoms with Crippen molar-refractivity contribution in [3.05, 3.63) is 11.9 Å². The van der Waals surface area contributed by atoms with Gasteiger partial charge in [-0.15, -0.1) is 5.10 Å². The lowest BCUT2D eigenvalue weighted by atomic mass is 10.0. The van der Waals surface area contributed by atoms with Gasteiger partial charge in [-0.25, -0.2) is 0 Å². The van der Waals surface area contributed by atoms with Gasteiger partial charge >= 0.3 is 6.18 Å². The monoisotopic (exact) mass is 222 g/mol. The summed E-state index contributed by atoms with van der Waals surface area (Å²) in [7, 11) is 0. The Labute approximate surface area is 85.3 Å². The highest BCUT2D eigenvalue weighted by Crippen LogP contribution is 2.20. The zero-order valence-corrected chi connectivity index (χ0v) is 8.54. The maximum Gasteiger partial charge on any atom is 0.390 e.